The average Bonchev–Trinajstić information content (AvgIpc) is 2.79. The Morgan fingerprint density at radius 2 is 1.27 bits per heavy atom. The fourth-order valence-corrected chi connectivity index (χ4v) is 4.05. The van der Waals surface area contributed by atoms with Crippen molar-refractivity contribution in [1.82, 2.24) is 0 Å². The quantitative estimate of drug-likeness (QED) is 0.414. The van der Waals surface area contributed by atoms with Crippen LogP contribution in [0.25, 0.3) is 22.3 Å². The van der Waals surface area contributed by atoms with Crippen LogP contribution in [0.1, 0.15) is 53.0 Å². The first-order chi connectivity index (χ1) is 14.3. The Balaban J connectivity index is 0.00000104. The van der Waals surface area contributed by atoms with Gasteiger partial charge >= 0.3 is 0 Å². The van der Waals surface area contributed by atoms with Crippen LogP contribution in [0.4, 0.5) is 0 Å². The molecule has 4 rings (SSSR count). The molecule has 1 atom stereocenters. The van der Waals surface area contributed by atoms with E-state index in [9.17, 15) is 0 Å². The van der Waals surface area contributed by atoms with Crippen molar-refractivity contribution >= 4 is 0 Å². The summed E-state index contributed by atoms with van der Waals surface area (Å²) in [6.45, 7) is 6.42. The molecular formula is C30H36. The molecule has 0 saturated carbocycles. The van der Waals surface area contributed by atoms with Gasteiger partial charge in [-0.15, -0.1) is 0 Å². The summed E-state index contributed by atoms with van der Waals surface area (Å²) in [7, 11) is 0. The molecule has 1 aliphatic rings. The van der Waals surface area contributed by atoms with E-state index in [1.54, 1.807) is 0 Å². The van der Waals surface area contributed by atoms with Gasteiger partial charge in [0.2, 0.25) is 0 Å². The minimum atomic E-state index is 0. The van der Waals surface area contributed by atoms with Crippen LogP contribution < -0.4 is 0 Å². The maximum atomic E-state index is 2.43. The van der Waals surface area contributed by atoms with Crippen molar-refractivity contribution in [2.75, 3.05) is 0 Å². The van der Waals surface area contributed by atoms with Crippen LogP contribution in [0.5, 0.6) is 0 Å². The molecule has 0 bridgehead atoms. The molecule has 0 aromatic heterocycles. The molecule has 0 saturated heterocycles. The molecule has 0 amide bonds. The highest BCUT2D eigenvalue weighted by molar-refractivity contribution is 5.75. The van der Waals surface area contributed by atoms with Crippen LogP contribution in [0.15, 0.2) is 103 Å². The topological polar surface area (TPSA) is 0 Å². The Morgan fingerprint density at radius 3 is 1.93 bits per heavy atom. The Bertz CT molecular complexity index is 948. The van der Waals surface area contributed by atoms with Crippen molar-refractivity contribution in [2.24, 2.45) is 0 Å². The number of hydrogen-bond acceptors (Lipinski definition) is 0. The molecule has 3 aromatic rings. The van der Waals surface area contributed by atoms with Gasteiger partial charge in [0.1, 0.15) is 0 Å². The lowest BCUT2D eigenvalue weighted by molar-refractivity contribution is 0.443. The molecule has 0 nitrogen and oxygen atoms in total. The molecule has 0 heterocycles. The van der Waals surface area contributed by atoms with Crippen LogP contribution in [0.3, 0.4) is 0 Å². The van der Waals surface area contributed by atoms with Crippen LogP contribution >= 0.6 is 0 Å². The first-order valence-electron chi connectivity index (χ1n) is 10.8. The molecule has 0 N–H and O–H groups in total. The standard InChI is InChI=1S/C27H26.C2H6.CH4/c1-27(19-11-3-2-4-12-20-27)26-21-24(22-13-7-5-8-14-22)17-18-25(26)23-15-9-6-10-16-23;1-2;/h2-11,13-18,21H,12,19-20H2,1H3;1-2H3;1H4/b4-2-,11-3?;;. The minimum absolute atomic E-state index is 0. The van der Waals surface area contributed by atoms with Gasteiger partial charge in [-0.2, -0.15) is 0 Å². The first kappa shape index (κ1) is 23.4. The lowest BCUT2D eigenvalue weighted by Crippen LogP contribution is -2.22. The van der Waals surface area contributed by atoms with Crippen molar-refractivity contribution in [1.29, 1.82) is 0 Å². The van der Waals surface area contributed by atoms with Gasteiger partial charge in [-0.1, -0.05) is 125 Å². The largest absolute Gasteiger partial charge is 0.0845 e. The van der Waals surface area contributed by atoms with E-state index in [0.717, 1.165) is 19.3 Å². The molecule has 3 aromatic carbocycles. The maximum Gasteiger partial charge on any atom is -0.00314 e. The minimum Gasteiger partial charge on any atom is -0.0845 e. The van der Waals surface area contributed by atoms with E-state index in [1.807, 2.05) is 13.8 Å². The molecule has 0 spiro atoms. The Morgan fingerprint density at radius 1 is 0.667 bits per heavy atom. The molecular weight excluding hydrogens is 360 g/mol. The Labute approximate surface area is 184 Å². The highest BCUT2D eigenvalue weighted by Crippen LogP contribution is 2.41. The van der Waals surface area contributed by atoms with E-state index in [1.165, 1.54) is 27.8 Å². The fourth-order valence-electron chi connectivity index (χ4n) is 4.05. The van der Waals surface area contributed by atoms with E-state index < -0.39 is 0 Å². The second-order valence-electron chi connectivity index (χ2n) is 7.65. The summed E-state index contributed by atoms with van der Waals surface area (Å²) in [6, 6.07) is 28.5. The molecule has 156 valence electrons. The lowest BCUT2D eigenvalue weighted by Gasteiger charge is -2.32. The average molecular weight is 397 g/mol. The smallest absolute Gasteiger partial charge is 0.00314 e. The molecule has 0 heteroatoms. The zero-order chi connectivity index (χ0) is 20.5. The van der Waals surface area contributed by atoms with Crippen LogP contribution in [-0.4, -0.2) is 0 Å². The van der Waals surface area contributed by atoms with Crippen molar-refractivity contribution in [2.45, 2.75) is 52.9 Å². The lowest BCUT2D eigenvalue weighted by atomic mass is 9.72. The summed E-state index contributed by atoms with van der Waals surface area (Å²) in [5.41, 5.74) is 6.81. The van der Waals surface area contributed by atoms with Crippen molar-refractivity contribution in [3.63, 3.8) is 0 Å². The van der Waals surface area contributed by atoms with E-state index in [-0.39, 0.29) is 12.8 Å². The van der Waals surface area contributed by atoms with Gasteiger partial charge in [0, 0.05) is 0 Å². The zero-order valence-electron chi connectivity index (χ0n) is 17.9. The highest BCUT2D eigenvalue weighted by atomic mass is 14.3. The molecule has 30 heavy (non-hydrogen) atoms. The van der Waals surface area contributed by atoms with Crippen molar-refractivity contribution < 1.29 is 0 Å². The second kappa shape index (κ2) is 11.4. The van der Waals surface area contributed by atoms with Gasteiger partial charge in [-0.3, -0.25) is 0 Å². The number of allylic oxidation sites excluding steroid dienone is 4. The van der Waals surface area contributed by atoms with Crippen LogP contribution in [0.2, 0.25) is 0 Å². The van der Waals surface area contributed by atoms with Gasteiger partial charge < -0.3 is 0 Å². The third kappa shape index (κ3) is 5.39. The van der Waals surface area contributed by atoms with Gasteiger partial charge in [-0.25, -0.2) is 0 Å². The Kier molecular flexibility index (Phi) is 8.87. The van der Waals surface area contributed by atoms with Gasteiger partial charge in [0.15, 0.2) is 0 Å². The fraction of sp³-hybridized carbons (Fsp3) is 0.267. The van der Waals surface area contributed by atoms with Gasteiger partial charge in [0.25, 0.3) is 0 Å². The molecule has 1 aliphatic carbocycles. The predicted octanol–water partition coefficient (Wildman–Crippen LogP) is 9.24. The summed E-state index contributed by atoms with van der Waals surface area (Å²) in [5, 5.41) is 0. The highest BCUT2D eigenvalue weighted by Gasteiger charge is 2.28. The molecule has 1 unspecified atom stereocenters. The molecule has 0 aliphatic heterocycles. The molecule has 0 fully saturated rings. The summed E-state index contributed by atoms with van der Waals surface area (Å²) in [6.07, 6.45) is 12.3. The maximum absolute atomic E-state index is 2.43. The second-order valence-corrected chi connectivity index (χ2v) is 7.65. The van der Waals surface area contributed by atoms with Crippen molar-refractivity contribution in [3.8, 4) is 22.3 Å². The SMILES string of the molecule is C.CC.CC1(c2cc(-c3ccccc3)ccc2-c2ccccc2)CC=C/C=C\CC1. The molecule has 0 radical (unpaired) electrons. The normalized spacial score (nSPS) is 18.8. The van der Waals surface area contributed by atoms with E-state index in [0.29, 0.717) is 0 Å². The number of benzene rings is 3. The predicted molar refractivity (Wildman–Crippen MR) is 135 cm³/mol. The van der Waals surface area contributed by atoms with Crippen molar-refractivity contribution in [3.05, 3.63) is 109 Å². The third-order valence-electron chi connectivity index (χ3n) is 5.68. The van der Waals surface area contributed by atoms with Gasteiger partial charge in [0.05, 0.1) is 0 Å². The third-order valence-corrected chi connectivity index (χ3v) is 5.68. The van der Waals surface area contributed by atoms with E-state index in [4.69, 9.17) is 0 Å². The monoisotopic (exact) mass is 396 g/mol. The number of rotatable bonds is 3. The summed E-state index contributed by atoms with van der Waals surface area (Å²) >= 11 is 0. The van der Waals surface area contributed by atoms with Crippen LogP contribution in [0, 0.1) is 0 Å². The zero-order valence-corrected chi connectivity index (χ0v) is 17.9. The van der Waals surface area contributed by atoms with E-state index in [2.05, 4.69) is 110 Å². The summed E-state index contributed by atoms with van der Waals surface area (Å²) in [4.78, 5) is 0. The number of hydrogen-bond donors (Lipinski definition) is 0. The van der Waals surface area contributed by atoms with E-state index >= 15 is 0 Å². The van der Waals surface area contributed by atoms with Gasteiger partial charge in [-0.05, 0) is 58.6 Å². The summed E-state index contributed by atoms with van der Waals surface area (Å²) < 4.78 is 0. The van der Waals surface area contributed by atoms with Crippen LogP contribution in [-0.2, 0) is 5.41 Å². The first-order valence-corrected chi connectivity index (χ1v) is 10.8. The summed E-state index contributed by atoms with van der Waals surface area (Å²) in [5.74, 6) is 0. The Hall–Kier alpha value is -2.86.